The molecule has 0 saturated carbocycles. The Balaban J connectivity index is 2.06. The van der Waals surface area contributed by atoms with E-state index in [1.54, 1.807) is 11.3 Å². The van der Waals surface area contributed by atoms with Crippen molar-refractivity contribution in [1.29, 1.82) is 0 Å². The molecule has 1 aliphatic rings. The van der Waals surface area contributed by atoms with Crippen molar-refractivity contribution < 1.29 is 4.74 Å². The highest BCUT2D eigenvalue weighted by molar-refractivity contribution is 9.10. The zero-order valence-corrected chi connectivity index (χ0v) is 13.2. The van der Waals surface area contributed by atoms with Gasteiger partial charge in [0.2, 0.25) is 0 Å². The van der Waals surface area contributed by atoms with E-state index in [9.17, 15) is 0 Å². The third-order valence-corrected chi connectivity index (χ3v) is 5.31. The number of benzene rings is 1. The van der Waals surface area contributed by atoms with Crippen LogP contribution in [0.5, 0.6) is 5.75 Å². The first-order chi connectivity index (χ1) is 9.31. The van der Waals surface area contributed by atoms with Crippen molar-refractivity contribution in [2.24, 2.45) is 0 Å². The van der Waals surface area contributed by atoms with Gasteiger partial charge in [0.1, 0.15) is 5.75 Å². The van der Waals surface area contributed by atoms with E-state index in [0.717, 1.165) is 25.3 Å². The summed E-state index contributed by atoms with van der Waals surface area (Å²) in [5, 5.41) is 5.69. The smallest absolute Gasteiger partial charge is 0.127 e. The van der Waals surface area contributed by atoms with Gasteiger partial charge in [0, 0.05) is 21.3 Å². The second-order valence-corrected chi connectivity index (χ2v) is 6.36. The molecule has 3 rings (SSSR count). The summed E-state index contributed by atoms with van der Waals surface area (Å²) < 4.78 is 7.01. The number of hydrogen-bond acceptors (Lipinski definition) is 3. The van der Waals surface area contributed by atoms with E-state index in [1.807, 2.05) is 0 Å². The molecule has 0 saturated heterocycles. The molecule has 1 N–H and O–H groups in total. The Bertz CT molecular complexity index is 581. The lowest BCUT2D eigenvalue weighted by Crippen LogP contribution is -2.22. The van der Waals surface area contributed by atoms with Crippen LogP contribution in [0.4, 0.5) is 0 Å². The summed E-state index contributed by atoms with van der Waals surface area (Å²) in [5.41, 5.74) is 2.58. The molecule has 2 heterocycles. The van der Waals surface area contributed by atoms with Gasteiger partial charge in [-0.3, -0.25) is 0 Å². The summed E-state index contributed by atoms with van der Waals surface area (Å²) in [7, 11) is 0. The lowest BCUT2D eigenvalue weighted by molar-refractivity contribution is 0.350. The highest BCUT2D eigenvalue weighted by Gasteiger charge is 2.24. The van der Waals surface area contributed by atoms with E-state index in [2.05, 4.69) is 57.8 Å². The molecule has 100 valence electrons. The molecule has 0 aliphatic carbocycles. The Morgan fingerprint density at radius 1 is 1.42 bits per heavy atom. The van der Waals surface area contributed by atoms with Gasteiger partial charge < -0.3 is 10.1 Å². The Labute approximate surface area is 125 Å². The third kappa shape index (κ3) is 2.45. The molecule has 0 spiro atoms. The zero-order valence-electron chi connectivity index (χ0n) is 10.8. The third-order valence-electron chi connectivity index (χ3n) is 3.37. The minimum absolute atomic E-state index is 0.201. The minimum atomic E-state index is 0.201. The molecule has 1 atom stereocenters. The van der Waals surface area contributed by atoms with Crippen molar-refractivity contribution in [2.75, 3.05) is 13.2 Å². The second-order valence-electron chi connectivity index (χ2n) is 4.56. The number of thiophene rings is 1. The molecular formula is C15H16BrNOS. The molecule has 0 fully saturated rings. The number of nitrogens with one attached hydrogen (secondary N) is 1. The number of halogens is 1. The van der Waals surface area contributed by atoms with Crippen LogP contribution in [-0.2, 0) is 6.42 Å². The predicted octanol–water partition coefficient (Wildman–Crippen LogP) is 4.14. The van der Waals surface area contributed by atoms with E-state index < -0.39 is 0 Å². The van der Waals surface area contributed by atoms with Crippen LogP contribution in [0.25, 0.3) is 0 Å². The number of para-hydroxylation sites is 1. The lowest BCUT2D eigenvalue weighted by atomic mass is 10.0. The van der Waals surface area contributed by atoms with Crippen LogP contribution >= 0.6 is 27.3 Å². The van der Waals surface area contributed by atoms with Gasteiger partial charge in [-0.2, -0.15) is 0 Å². The van der Waals surface area contributed by atoms with Crippen molar-refractivity contribution in [1.82, 2.24) is 5.32 Å². The van der Waals surface area contributed by atoms with Crippen molar-refractivity contribution in [2.45, 2.75) is 19.4 Å². The molecule has 1 unspecified atom stereocenters. The summed E-state index contributed by atoms with van der Waals surface area (Å²) >= 11 is 5.42. The van der Waals surface area contributed by atoms with Crippen molar-refractivity contribution >= 4 is 27.3 Å². The molecular weight excluding hydrogens is 322 g/mol. The molecule has 0 bridgehead atoms. The van der Waals surface area contributed by atoms with Gasteiger partial charge >= 0.3 is 0 Å². The van der Waals surface area contributed by atoms with Crippen molar-refractivity contribution in [3.63, 3.8) is 0 Å². The highest BCUT2D eigenvalue weighted by atomic mass is 79.9. The van der Waals surface area contributed by atoms with Crippen molar-refractivity contribution in [3.8, 4) is 5.75 Å². The summed E-state index contributed by atoms with van der Waals surface area (Å²) in [6.07, 6.45) is 1.02. The van der Waals surface area contributed by atoms with Crippen LogP contribution in [0.1, 0.15) is 29.0 Å². The fourth-order valence-electron chi connectivity index (χ4n) is 2.53. The Morgan fingerprint density at radius 3 is 3.05 bits per heavy atom. The number of ether oxygens (including phenoxy) is 1. The maximum atomic E-state index is 5.84. The molecule has 0 amide bonds. The quantitative estimate of drug-likeness (QED) is 0.904. The van der Waals surface area contributed by atoms with Crippen LogP contribution in [0, 0.1) is 0 Å². The average molecular weight is 338 g/mol. The Hall–Kier alpha value is -0.840. The molecule has 4 heteroatoms. The first kappa shape index (κ1) is 13.2. The molecule has 0 radical (unpaired) electrons. The van der Waals surface area contributed by atoms with Crippen LogP contribution in [0.3, 0.4) is 0 Å². The van der Waals surface area contributed by atoms with E-state index in [-0.39, 0.29) is 6.04 Å². The second kappa shape index (κ2) is 5.65. The zero-order chi connectivity index (χ0) is 13.2. The summed E-state index contributed by atoms with van der Waals surface area (Å²) in [6, 6.07) is 8.78. The summed E-state index contributed by atoms with van der Waals surface area (Å²) in [6.45, 7) is 3.87. The van der Waals surface area contributed by atoms with E-state index >= 15 is 0 Å². The molecule has 1 aromatic heterocycles. The lowest BCUT2D eigenvalue weighted by Gasteiger charge is -2.20. The van der Waals surface area contributed by atoms with E-state index in [0.29, 0.717) is 0 Å². The molecule has 1 aliphatic heterocycles. The largest absolute Gasteiger partial charge is 0.493 e. The van der Waals surface area contributed by atoms with E-state index in [4.69, 9.17) is 4.74 Å². The summed E-state index contributed by atoms with van der Waals surface area (Å²) in [5.74, 6) is 1.08. The van der Waals surface area contributed by atoms with Gasteiger partial charge in [-0.25, -0.2) is 0 Å². The van der Waals surface area contributed by atoms with Gasteiger partial charge in [-0.1, -0.05) is 25.1 Å². The molecule has 19 heavy (non-hydrogen) atoms. The fraction of sp³-hybridized carbons (Fsp3) is 0.333. The summed E-state index contributed by atoms with van der Waals surface area (Å²) in [4.78, 5) is 1.31. The highest BCUT2D eigenvalue weighted by Crippen LogP contribution is 2.40. The monoisotopic (exact) mass is 337 g/mol. The fourth-order valence-corrected chi connectivity index (χ4v) is 4.22. The average Bonchev–Trinajstić information content (AvgIpc) is 3.04. The number of hydrogen-bond donors (Lipinski definition) is 1. The first-order valence-corrected chi connectivity index (χ1v) is 8.19. The van der Waals surface area contributed by atoms with Crippen LogP contribution in [0.2, 0.25) is 0 Å². The van der Waals surface area contributed by atoms with Gasteiger partial charge in [0.05, 0.1) is 12.6 Å². The van der Waals surface area contributed by atoms with Gasteiger partial charge in [-0.05, 0) is 39.5 Å². The predicted molar refractivity (Wildman–Crippen MR) is 83.2 cm³/mol. The van der Waals surface area contributed by atoms with Crippen LogP contribution in [0.15, 0.2) is 34.1 Å². The van der Waals surface area contributed by atoms with Crippen LogP contribution < -0.4 is 10.1 Å². The van der Waals surface area contributed by atoms with Gasteiger partial charge in [0.15, 0.2) is 0 Å². The standard InChI is InChI=1S/C15H16BrNOS/c1-2-17-13(15-12(16)7-9-19-15)11-5-3-4-10-6-8-18-14(10)11/h3-5,7,9,13,17H,2,6,8H2,1H3. The number of fused-ring (bicyclic) bond motifs is 1. The number of rotatable bonds is 4. The first-order valence-electron chi connectivity index (χ1n) is 6.52. The van der Waals surface area contributed by atoms with Gasteiger partial charge in [0.25, 0.3) is 0 Å². The Morgan fingerprint density at radius 2 is 2.32 bits per heavy atom. The SMILES string of the molecule is CCNC(c1cccc2c1OCC2)c1sccc1Br. The maximum Gasteiger partial charge on any atom is 0.127 e. The topological polar surface area (TPSA) is 21.3 Å². The normalized spacial score (nSPS) is 15.1. The molecule has 1 aromatic carbocycles. The molecule has 2 aromatic rings. The Kier molecular flexibility index (Phi) is 3.91. The maximum absolute atomic E-state index is 5.84. The van der Waals surface area contributed by atoms with Crippen LogP contribution in [-0.4, -0.2) is 13.2 Å². The minimum Gasteiger partial charge on any atom is -0.493 e. The molecule has 2 nitrogen and oxygen atoms in total. The van der Waals surface area contributed by atoms with Gasteiger partial charge in [-0.15, -0.1) is 11.3 Å². The van der Waals surface area contributed by atoms with Crippen molar-refractivity contribution in [3.05, 3.63) is 50.1 Å². The van der Waals surface area contributed by atoms with E-state index in [1.165, 1.54) is 20.5 Å².